The van der Waals surface area contributed by atoms with Crippen LogP contribution < -0.4 is 4.90 Å². The van der Waals surface area contributed by atoms with Crippen LogP contribution in [0.1, 0.15) is 34.3 Å². The molecule has 1 heterocycles. The van der Waals surface area contributed by atoms with E-state index in [0.29, 0.717) is 18.7 Å². The van der Waals surface area contributed by atoms with E-state index in [0.717, 1.165) is 36.3 Å². The first kappa shape index (κ1) is 19.2. The van der Waals surface area contributed by atoms with Crippen molar-refractivity contribution in [2.45, 2.75) is 32.4 Å². The molecule has 1 aliphatic rings. The van der Waals surface area contributed by atoms with Crippen LogP contribution in [0.4, 0.5) is 5.69 Å². The lowest BCUT2D eigenvalue weighted by molar-refractivity contribution is 0.0506. The highest BCUT2D eigenvalue weighted by Gasteiger charge is 2.24. The summed E-state index contributed by atoms with van der Waals surface area (Å²) in [5.41, 5.74) is 3.62. The Labute approximate surface area is 161 Å². The van der Waals surface area contributed by atoms with Crippen molar-refractivity contribution in [2.75, 3.05) is 32.1 Å². The number of aryl methyl sites for hydroxylation is 1. The van der Waals surface area contributed by atoms with Crippen LogP contribution >= 0.6 is 0 Å². The predicted octanol–water partition coefficient (Wildman–Crippen LogP) is 3.59. The Hall–Kier alpha value is -2.53. The molecule has 0 aromatic heterocycles. The van der Waals surface area contributed by atoms with E-state index in [9.17, 15) is 9.90 Å². The fraction of sp³-hybridized carbons (Fsp3) is 0.409. The molecule has 1 fully saturated rings. The Morgan fingerprint density at radius 1 is 1.19 bits per heavy atom. The molecule has 0 bridgehead atoms. The number of anilines is 1. The zero-order valence-electron chi connectivity index (χ0n) is 16.3. The predicted molar refractivity (Wildman–Crippen MR) is 107 cm³/mol. The molecule has 0 radical (unpaired) electrons. The van der Waals surface area contributed by atoms with Gasteiger partial charge in [0.1, 0.15) is 5.75 Å². The molecule has 2 aromatic rings. The summed E-state index contributed by atoms with van der Waals surface area (Å²) < 4.78 is 5.77. The van der Waals surface area contributed by atoms with Crippen LogP contribution in [0.5, 0.6) is 5.75 Å². The van der Waals surface area contributed by atoms with E-state index in [-0.39, 0.29) is 17.8 Å². The van der Waals surface area contributed by atoms with Crippen LogP contribution in [0.2, 0.25) is 0 Å². The van der Waals surface area contributed by atoms with E-state index in [1.54, 1.807) is 18.2 Å². The number of hydrogen-bond donors (Lipinski definition) is 1. The Balaban J connectivity index is 1.82. The molecule has 5 heteroatoms. The number of phenols is 1. The highest BCUT2D eigenvalue weighted by molar-refractivity contribution is 5.95. The van der Waals surface area contributed by atoms with Gasteiger partial charge in [-0.3, -0.25) is 4.79 Å². The van der Waals surface area contributed by atoms with Gasteiger partial charge >= 0.3 is 0 Å². The lowest BCUT2D eigenvalue weighted by Crippen LogP contribution is -2.37. The Bertz CT molecular complexity index is 781. The number of ether oxygens (including phenoxy) is 1. The summed E-state index contributed by atoms with van der Waals surface area (Å²) in [6, 6.07) is 13.2. The molecule has 144 valence electrons. The minimum atomic E-state index is -0.0281. The summed E-state index contributed by atoms with van der Waals surface area (Å²) >= 11 is 0. The van der Waals surface area contributed by atoms with Gasteiger partial charge in [0.15, 0.2) is 0 Å². The third-order valence-corrected chi connectivity index (χ3v) is 5.00. The van der Waals surface area contributed by atoms with Gasteiger partial charge in [-0.05, 0) is 61.2 Å². The lowest BCUT2D eigenvalue weighted by Gasteiger charge is -2.26. The van der Waals surface area contributed by atoms with Crippen molar-refractivity contribution >= 4 is 11.6 Å². The topological polar surface area (TPSA) is 53.0 Å². The van der Waals surface area contributed by atoms with Gasteiger partial charge in [-0.25, -0.2) is 0 Å². The molecule has 2 aromatic carbocycles. The molecule has 5 nitrogen and oxygen atoms in total. The standard InChI is InChI=1S/C22H28N2O3/c1-16-13-19(25)10-11-21(16)22(26)24(15-20-5-4-12-27-20)14-17-6-8-18(9-7-17)23(2)3/h6-11,13,20,25H,4-5,12,14-15H2,1-3H3. The van der Waals surface area contributed by atoms with Gasteiger partial charge in [-0.1, -0.05) is 12.1 Å². The molecule has 1 unspecified atom stereocenters. The molecular formula is C22H28N2O3. The van der Waals surface area contributed by atoms with Gasteiger partial charge in [0.2, 0.25) is 0 Å². The Morgan fingerprint density at radius 3 is 2.52 bits per heavy atom. The first-order valence-corrected chi connectivity index (χ1v) is 9.41. The van der Waals surface area contributed by atoms with E-state index in [2.05, 4.69) is 29.2 Å². The normalized spacial score (nSPS) is 16.3. The average Bonchev–Trinajstić information content (AvgIpc) is 3.14. The summed E-state index contributed by atoms with van der Waals surface area (Å²) in [5.74, 6) is 0.147. The number of phenolic OH excluding ortho intramolecular Hbond substituents is 1. The molecule has 0 saturated carbocycles. The molecule has 1 N–H and O–H groups in total. The van der Waals surface area contributed by atoms with E-state index in [1.807, 2.05) is 25.9 Å². The zero-order chi connectivity index (χ0) is 19.4. The van der Waals surface area contributed by atoms with Crippen LogP contribution in [0.3, 0.4) is 0 Å². The minimum Gasteiger partial charge on any atom is -0.508 e. The molecule has 1 saturated heterocycles. The quantitative estimate of drug-likeness (QED) is 0.847. The Kier molecular flexibility index (Phi) is 6.01. The number of carbonyl (C=O) groups excluding carboxylic acids is 1. The Morgan fingerprint density at radius 2 is 1.93 bits per heavy atom. The van der Waals surface area contributed by atoms with Crippen LogP contribution in [-0.4, -0.2) is 49.3 Å². The number of rotatable bonds is 6. The first-order chi connectivity index (χ1) is 12.9. The molecule has 1 amide bonds. The van der Waals surface area contributed by atoms with Crippen molar-refractivity contribution in [2.24, 2.45) is 0 Å². The maximum Gasteiger partial charge on any atom is 0.254 e. The third-order valence-electron chi connectivity index (χ3n) is 5.00. The van der Waals surface area contributed by atoms with Crippen molar-refractivity contribution in [1.82, 2.24) is 4.90 Å². The second kappa shape index (κ2) is 8.44. The van der Waals surface area contributed by atoms with Gasteiger partial charge in [0, 0.05) is 45.0 Å². The van der Waals surface area contributed by atoms with Gasteiger partial charge in [0.05, 0.1) is 6.10 Å². The molecule has 27 heavy (non-hydrogen) atoms. The van der Waals surface area contributed by atoms with Crippen LogP contribution in [0.15, 0.2) is 42.5 Å². The summed E-state index contributed by atoms with van der Waals surface area (Å²) in [6.07, 6.45) is 2.12. The molecular weight excluding hydrogens is 340 g/mol. The smallest absolute Gasteiger partial charge is 0.254 e. The fourth-order valence-corrected chi connectivity index (χ4v) is 3.43. The summed E-state index contributed by atoms with van der Waals surface area (Å²) in [4.78, 5) is 17.1. The van der Waals surface area contributed by atoms with Crippen molar-refractivity contribution in [3.05, 3.63) is 59.2 Å². The average molecular weight is 368 g/mol. The summed E-state index contributed by atoms with van der Waals surface area (Å²) in [7, 11) is 4.02. The number of carbonyl (C=O) groups is 1. The summed E-state index contributed by atoms with van der Waals surface area (Å²) in [5, 5.41) is 9.64. The van der Waals surface area contributed by atoms with Crippen LogP contribution in [0.25, 0.3) is 0 Å². The van der Waals surface area contributed by atoms with E-state index >= 15 is 0 Å². The fourth-order valence-electron chi connectivity index (χ4n) is 3.43. The van der Waals surface area contributed by atoms with E-state index in [1.165, 1.54) is 0 Å². The molecule has 0 aliphatic carbocycles. The van der Waals surface area contributed by atoms with Crippen molar-refractivity contribution in [1.29, 1.82) is 0 Å². The van der Waals surface area contributed by atoms with Gasteiger partial charge < -0.3 is 19.6 Å². The van der Waals surface area contributed by atoms with Crippen LogP contribution in [0, 0.1) is 6.92 Å². The van der Waals surface area contributed by atoms with Gasteiger partial charge in [-0.15, -0.1) is 0 Å². The maximum absolute atomic E-state index is 13.2. The minimum absolute atomic E-state index is 0.0281. The molecule has 1 atom stereocenters. The van der Waals surface area contributed by atoms with Crippen molar-refractivity contribution < 1.29 is 14.6 Å². The van der Waals surface area contributed by atoms with Gasteiger partial charge in [0.25, 0.3) is 5.91 Å². The molecule has 3 rings (SSSR count). The lowest BCUT2D eigenvalue weighted by atomic mass is 10.1. The van der Waals surface area contributed by atoms with Crippen molar-refractivity contribution in [3.8, 4) is 5.75 Å². The van der Waals surface area contributed by atoms with Gasteiger partial charge in [-0.2, -0.15) is 0 Å². The number of benzene rings is 2. The second-order valence-electron chi connectivity index (χ2n) is 7.38. The van der Waals surface area contributed by atoms with Crippen molar-refractivity contribution in [3.63, 3.8) is 0 Å². The first-order valence-electron chi connectivity index (χ1n) is 9.41. The highest BCUT2D eigenvalue weighted by atomic mass is 16.5. The monoisotopic (exact) mass is 368 g/mol. The zero-order valence-corrected chi connectivity index (χ0v) is 16.3. The van der Waals surface area contributed by atoms with E-state index < -0.39 is 0 Å². The highest BCUT2D eigenvalue weighted by Crippen LogP contribution is 2.22. The number of nitrogens with zero attached hydrogens (tertiary/aromatic N) is 2. The maximum atomic E-state index is 13.2. The number of aromatic hydroxyl groups is 1. The number of amides is 1. The summed E-state index contributed by atoms with van der Waals surface area (Å²) in [6.45, 7) is 3.73. The van der Waals surface area contributed by atoms with E-state index in [4.69, 9.17) is 4.74 Å². The number of hydrogen-bond acceptors (Lipinski definition) is 4. The third kappa shape index (κ3) is 4.80. The SMILES string of the molecule is Cc1cc(O)ccc1C(=O)N(Cc1ccc(N(C)C)cc1)CC1CCCO1. The molecule has 1 aliphatic heterocycles. The molecule has 0 spiro atoms. The van der Waals surface area contributed by atoms with Crippen LogP contribution in [-0.2, 0) is 11.3 Å². The second-order valence-corrected chi connectivity index (χ2v) is 7.38. The largest absolute Gasteiger partial charge is 0.508 e.